The predicted octanol–water partition coefficient (Wildman–Crippen LogP) is 9.78. The molecular weight excluding hydrogens is 388 g/mol. The first kappa shape index (κ1) is 28.3. The van der Waals surface area contributed by atoms with Gasteiger partial charge in [-0.05, 0) is 140 Å². The summed E-state index contributed by atoms with van der Waals surface area (Å²) < 4.78 is 0. The summed E-state index contributed by atoms with van der Waals surface area (Å²) in [4.78, 5) is 0. The van der Waals surface area contributed by atoms with Crippen LogP contribution in [0.3, 0.4) is 0 Å². The fourth-order valence-corrected chi connectivity index (χ4v) is 4.40. The summed E-state index contributed by atoms with van der Waals surface area (Å²) >= 11 is 0. The highest BCUT2D eigenvalue weighted by molar-refractivity contribution is 5.53. The Hall–Kier alpha value is -1.76. The van der Waals surface area contributed by atoms with E-state index in [0.717, 1.165) is 43.2 Å². The van der Waals surface area contributed by atoms with Gasteiger partial charge in [0.15, 0.2) is 0 Å². The Labute approximate surface area is 199 Å². The lowest BCUT2D eigenvalue weighted by molar-refractivity contribution is 0.309. The van der Waals surface area contributed by atoms with Crippen LogP contribution >= 0.6 is 0 Å². The summed E-state index contributed by atoms with van der Waals surface area (Å²) in [5, 5.41) is 10.5. The van der Waals surface area contributed by atoms with Crippen LogP contribution in [-0.2, 0) is 6.42 Å². The molecule has 1 aromatic carbocycles. The van der Waals surface area contributed by atoms with Crippen molar-refractivity contribution in [1.82, 2.24) is 0 Å². The Morgan fingerprint density at radius 3 is 1.78 bits per heavy atom. The lowest BCUT2D eigenvalue weighted by Gasteiger charge is -2.26. The second-order valence-electron chi connectivity index (χ2n) is 11.0. The number of allylic oxidation sites excluding steroid dienone is 6. The molecule has 0 bridgehead atoms. The summed E-state index contributed by atoms with van der Waals surface area (Å²) in [7, 11) is 0. The lowest BCUT2D eigenvalue weighted by Crippen LogP contribution is -2.13. The molecule has 0 aliphatic rings. The lowest BCUT2D eigenvalue weighted by atomic mass is 9.80. The molecule has 0 amide bonds. The molecule has 0 aliphatic heterocycles. The van der Waals surface area contributed by atoms with Crippen LogP contribution in [0.15, 0.2) is 34.9 Å². The van der Waals surface area contributed by atoms with Crippen molar-refractivity contribution in [1.29, 1.82) is 0 Å². The van der Waals surface area contributed by atoms with Gasteiger partial charge in [-0.1, -0.05) is 48.8 Å². The first-order valence-electron chi connectivity index (χ1n) is 12.6. The van der Waals surface area contributed by atoms with E-state index in [4.69, 9.17) is 0 Å². The number of hydrogen-bond donors (Lipinski definition) is 1. The van der Waals surface area contributed by atoms with E-state index in [2.05, 4.69) is 80.5 Å². The molecular formula is C31H50O. The van der Waals surface area contributed by atoms with E-state index in [9.17, 15) is 5.11 Å². The number of hydrogen-bond acceptors (Lipinski definition) is 1. The molecule has 0 heterocycles. The first-order chi connectivity index (χ1) is 14.9. The topological polar surface area (TPSA) is 20.2 Å². The Kier molecular flexibility index (Phi) is 11.5. The summed E-state index contributed by atoms with van der Waals surface area (Å²) in [5.41, 5.74) is 10.8. The maximum absolute atomic E-state index is 10.5. The molecule has 0 aliphatic carbocycles. The minimum Gasteiger partial charge on any atom is -0.507 e. The highest BCUT2D eigenvalue weighted by Gasteiger charge is 2.20. The predicted molar refractivity (Wildman–Crippen MR) is 144 cm³/mol. The number of benzene rings is 1. The van der Waals surface area contributed by atoms with Gasteiger partial charge < -0.3 is 5.11 Å². The van der Waals surface area contributed by atoms with E-state index in [0.29, 0.717) is 11.2 Å². The molecule has 0 fully saturated rings. The average Bonchev–Trinajstić information content (AvgIpc) is 2.70. The van der Waals surface area contributed by atoms with Crippen molar-refractivity contribution >= 4 is 0 Å². The van der Waals surface area contributed by atoms with E-state index in [1.54, 1.807) is 0 Å². The zero-order chi connectivity index (χ0) is 24.5. The largest absolute Gasteiger partial charge is 0.507 e. The van der Waals surface area contributed by atoms with Gasteiger partial charge in [-0.3, -0.25) is 0 Å². The van der Waals surface area contributed by atoms with Crippen LogP contribution in [0.5, 0.6) is 5.75 Å². The van der Waals surface area contributed by atoms with Crippen molar-refractivity contribution in [3.8, 4) is 5.75 Å². The van der Waals surface area contributed by atoms with Crippen LogP contribution < -0.4 is 0 Å². The maximum Gasteiger partial charge on any atom is 0.121 e. The molecule has 0 saturated heterocycles. The number of phenolic OH excluding ortho intramolecular Hbond substituents is 1. The molecule has 0 saturated carbocycles. The van der Waals surface area contributed by atoms with Crippen molar-refractivity contribution in [3.63, 3.8) is 0 Å². The molecule has 0 radical (unpaired) electrons. The fraction of sp³-hybridized carbons (Fsp3) is 0.613. The summed E-state index contributed by atoms with van der Waals surface area (Å²) in [6.45, 7) is 22.1. The summed E-state index contributed by atoms with van der Waals surface area (Å²) in [5.74, 6) is 0.487. The van der Waals surface area contributed by atoms with Gasteiger partial charge in [-0.15, -0.1) is 0 Å². The van der Waals surface area contributed by atoms with Gasteiger partial charge in [-0.2, -0.15) is 0 Å². The smallest absolute Gasteiger partial charge is 0.121 e. The number of rotatable bonds is 12. The van der Waals surface area contributed by atoms with Gasteiger partial charge in [0.25, 0.3) is 0 Å². The van der Waals surface area contributed by atoms with Crippen molar-refractivity contribution in [3.05, 3.63) is 62.8 Å². The second kappa shape index (κ2) is 13.1. The molecule has 0 aromatic heterocycles. The Bertz CT molecular complexity index is 813. The minimum atomic E-state index is 0.297. The van der Waals surface area contributed by atoms with Crippen LogP contribution in [-0.4, -0.2) is 5.11 Å². The van der Waals surface area contributed by atoms with E-state index < -0.39 is 0 Å². The van der Waals surface area contributed by atoms with E-state index in [-0.39, 0.29) is 0 Å². The number of aromatic hydroxyl groups is 1. The standard InChI is InChI=1S/C31H50O/c1-22(2)14-11-15-23(3)16-12-17-24(4)18-13-20-31(9,10)21-19-29-26(6)25(5)27(7)30(32)28(29)8/h14,16,18,32H,11-13,15,17,19-21H2,1-10H3/b23-16+,24-18+. The Morgan fingerprint density at radius 2 is 1.22 bits per heavy atom. The normalized spacial score (nSPS) is 12.9. The highest BCUT2D eigenvalue weighted by Crippen LogP contribution is 2.35. The molecule has 32 heavy (non-hydrogen) atoms. The number of phenols is 1. The monoisotopic (exact) mass is 438 g/mol. The van der Waals surface area contributed by atoms with Crippen LogP contribution in [0.25, 0.3) is 0 Å². The maximum atomic E-state index is 10.5. The molecule has 1 N–H and O–H groups in total. The minimum absolute atomic E-state index is 0.297. The van der Waals surface area contributed by atoms with Crippen molar-refractivity contribution in [2.24, 2.45) is 5.41 Å². The molecule has 1 rings (SSSR count). The third-order valence-corrected chi connectivity index (χ3v) is 7.23. The zero-order valence-electron chi connectivity index (χ0n) is 22.8. The molecule has 180 valence electrons. The third kappa shape index (κ3) is 9.39. The Morgan fingerprint density at radius 1 is 0.688 bits per heavy atom. The zero-order valence-corrected chi connectivity index (χ0v) is 22.8. The summed E-state index contributed by atoms with van der Waals surface area (Å²) in [6.07, 6.45) is 16.4. The van der Waals surface area contributed by atoms with Crippen molar-refractivity contribution in [2.75, 3.05) is 0 Å². The first-order valence-corrected chi connectivity index (χ1v) is 12.6. The fourth-order valence-electron chi connectivity index (χ4n) is 4.40. The van der Waals surface area contributed by atoms with E-state index in [1.165, 1.54) is 52.7 Å². The van der Waals surface area contributed by atoms with Gasteiger partial charge >= 0.3 is 0 Å². The van der Waals surface area contributed by atoms with Crippen molar-refractivity contribution in [2.45, 2.75) is 121 Å². The SMILES string of the molecule is CC(C)=CCC/C(C)=C/CC/C(C)=C/CCC(C)(C)CCc1c(C)c(C)c(C)c(O)c1C. The molecule has 1 nitrogen and oxygen atoms in total. The van der Waals surface area contributed by atoms with Gasteiger partial charge in [0.05, 0.1) is 0 Å². The molecule has 0 atom stereocenters. The molecule has 1 aromatic rings. The van der Waals surface area contributed by atoms with Gasteiger partial charge in [0, 0.05) is 0 Å². The van der Waals surface area contributed by atoms with Crippen LogP contribution in [0, 0.1) is 33.1 Å². The average molecular weight is 439 g/mol. The Balaban J connectivity index is 2.53. The highest BCUT2D eigenvalue weighted by atomic mass is 16.3. The van der Waals surface area contributed by atoms with Gasteiger partial charge in [-0.25, -0.2) is 0 Å². The van der Waals surface area contributed by atoms with E-state index >= 15 is 0 Å². The molecule has 0 spiro atoms. The second-order valence-corrected chi connectivity index (χ2v) is 11.0. The van der Waals surface area contributed by atoms with Crippen molar-refractivity contribution < 1.29 is 5.11 Å². The molecule has 0 unspecified atom stereocenters. The van der Waals surface area contributed by atoms with Crippen LogP contribution in [0.4, 0.5) is 0 Å². The van der Waals surface area contributed by atoms with Crippen LogP contribution in [0.2, 0.25) is 0 Å². The van der Waals surface area contributed by atoms with Crippen LogP contribution in [0.1, 0.15) is 114 Å². The quantitative estimate of drug-likeness (QED) is 0.322. The van der Waals surface area contributed by atoms with Gasteiger partial charge in [0.2, 0.25) is 0 Å². The van der Waals surface area contributed by atoms with E-state index in [1.807, 2.05) is 6.92 Å². The molecule has 1 heteroatoms. The third-order valence-electron chi connectivity index (χ3n) is 7.23. The van der Waals surface area contributed by atoms with Gasteiger partial charge in [0.1, 0.15) is 5.75 Å². The summed E-state index contributed by atoms with van der Waals surface area (Å²) in [6, 6.07) is 0.